The maximum atomic E-state index is 13.1. The van der Waals surface area contributed by atoms with Crippen molar-refractivity contribution in [2.24, 2.45) is 16.8 Å². The first-order valence-corrected chi connectivity index (χ1v) is 11.9. The number of nitrogens with zero attached hydrogens (tertiary/aromatic N) is 3. The molecule has 0 bridgehead atoms. The lowest BCUT2D eigenvalue weighted by molar-refractivity contribution is -0.140. The fraction of sp³-hybridized carbons (Fsp3) is 0.565. The smallest absolute Gasteiger partial charge is 0.233 e. The molecule has 6 nitrogen and oxygen atoms in total. The molecule has 0 aromatic heterocycles. The lowest BCUT2D eigenvalue weighted by Gasteiger charge is -2.24. The second kappa shape index (κ2) is 8.92. The Kier molecular flexibility index (Phi) is 6.27. The molecule has 3 atom stereocenters. The lowest BCUT2D eigenvalue weighted by Crippen LogP contribution is -2.41. The summed E-state index contributed by atoms with van der Waals surface area (Å²) in [4.78, 5) is 46.4. The molecule has 1 aliphatic carbocycles. The summed E-state index contributed by atoms with van der Waals surface area (Å²) in [5.41, 5.74) is 1.96. The minimum atomic E-state index is -0.162. The average Bonchev–Trinajstić information content (AvgIpc) is 3.25. The summed E-state index contributed by atoms with van der Waals surface area (Å²) >= 11 is 1.60. The number of aryl methyl sites for hydroxylation is 1. The SMILES string of the molecule is CC[C@@H]1CSC(=Nc2cccc(C)c2)N1C(=O)CCN1C(=O)[C@H]2CCCC[C@H]2C1=O. The van der Waals surface area contributed by atoms with Gasteiger partial charge in [0.05, 0.1) is 17.5 Å². The van der Waals surface area contributed by atoms with Crippen LogP contribution in [0.1, 0.15) is 51.0 Å². The molecule has 160 valence electrons. The first-order chi connectivity index (χ1) is 14.5. The number of carbonyl (C=O) groups is 3. The molecule has 0 N–H and O–H groups in total. The molecule has 2 saturated heterocycles. The third-order valence-electron chi connectivity index (χ3n) is 6.42. The van der Waals surface area contributed by atoms with Crippen LogP contribution in [-0.4, -0.2) is 51.0 Å². The molecule has 0 spiro atoms. The van der Waals surface area contributed by atoms with Crippen LogP contribution in [0.3, 0.4) is 0 Å². The van der Waals surface area contributed by atoms with E-state index in [9.17, 15) is 14.4 Å². The zero-order valence-corrected chi connectivity index (χ0v) is 18.5. The number of aliphatic imine (C=N–C) groups is 1. The van der Waals surface area contributed by atoms with Crippen molar-refractivity contribution in [1.82, 2.24) is 9.80 Å². The van der Waals surface area contributed by atoms with Crippen LogP contribution in [0, 0.1) is 18.8 Å². The van der Waals surface area contributed by atoms with Crippen LogP contribution in [0.5, 0.6) is 0 Å². The van der Waals surface area contributed by atoms with Crippen molar-refractivity contribution in [3.8, 4) is 0 Å². The summed E-state index contributed by atoms with van der Waals surface area (Å²) < 4.78 is 0. The molecule has 1 saturated carbocycles. The van der Waals surface area contributed by atoms with Crippen LogP contribution in [0.2, 0.25) is 0 Å². The van der Waals surface area contributed by atoms with Crippen molar-refractivity contribution in [3.05, 3.63) is 29.8 Å². The first kappa shape index (κ1) is 21.1. The summed E-state index contributed by atoms with van der Waals surface area (Å²) in [6.45, 7) is 4.27. The van der Waals surface area contributed by atoms with Crippen LogP contribution in [0.15, 0.2) is 29.3 Å². The van der Waals surface area contributed by atoms with Gasteiger partial charge in [-0.2, -0.15) is 0 Å². The number of hydrogen-bond donors (Lipinski definition) is 0. The number of imide groups is 1. The van der Waals surface area contributed by atoms with Gasteiger partial charge in [-0.1, -0.05) is 43.7 Å². The van der Waals surface area contributed by atoms with Crippen molar-refractivity contribution in [2.75, 3.05) is 12.3 Å². The molecule has 3 amide bonds. The number of carbonyl (C=O) groups excluding carboxylic acids is 3. The highest BCUT2D eigenvalue weighted by Crippen LogP contribution is 2.38. The molecule has 1 aromatic carbocycles. The fourth-order valence-electron chi connectivity index (χ4n) is 4.76. The van der Waals surface area contributed by atoms with E-state index in [1.165, 1.54) is 4.90 Å². The number of hydrogen-bond acceptors (Lipinski definition) is 5. The monoisotopic (exact) mass is 427 g/mol. The van der Waals surface area contributed by atoms with Crippen molar-refractivity contribution in [3.63, 3.8) is 0 Å². The van der Waals surface area contributed by atoms with E-state index in [1.54, 1.807) is 16.7 Å². The Morgan fingerprint density at radius 3 is 2.50 bits per heavy atom. The number of rotatable bonds is 5. The molecule has 30 heavy (non-hydrogen) atoms. The topological polar surface area (TPSA) is 70.1 Å². The summed E-state index contributed by atoms with van der Waals surface area (Å²) in [5.74, 6) is 0.284. The van der Waals surface area contributed by atoms with Gasteiger partial charge in [0.15, 0.2) is 5.17 Å². The Bertz CT molecular complexity index is 860. The van der Waals surface area contributed by atoms with Gasteiger partial charge in [0.25, 0.3) is 0 Å². The number of likely N-dealkylation sites (tertiary alicyclic amines) is 1. The van der Waals surface area contributed by atoms with Crippen molar-refractivity contribution < 1.29 is 14.4 Å². The van der Waals surface area contributed by atoms with Crippen LogP contribution >= 0.6 is 11.8 Å². The minimum Gasteiger partial charge on any atom is -0.287 e. The van der Waals surface area contributed by atoms with E-state index in [-0.39, 0.29) is 48.6 Å². The number of fused-ring (bicyclic) bond motifs is 1. The molecular weight excluding hydrogens is 398 g/mol. The predicted molar refractivity (Wildman–Crippen MR) is 118 cm³/mol. The second-order valence-electron chi connectivity index (χ2n) is 8.45. The van der Waals surface area contributed by atoms with Gasteiger partial charge < -0.3 is 0 Å². The van der Waals surface area contributed by atoms with Crippen LogP contribution in [-0.2, 0) is 14.4 Å². The molecule has 3 aliphatic rings. The van der Waals surface area contributed by atoms with Gasteiger partial charge in [-0.3, -0.25) is 24.2 Å². The Morgan fingerprint density at radius 1 is 1.17 bits per heavy atom. The summed E-state index contributed by atoms with van der Waals surface area (Å²) in [6.07, 6.45) is 4.61. The largest absolute Gasteiger partial charge is 0.287 e. The first-order valence-electron chi connectivity index (χ1n) is 10.9. The van der Waals surface area contributed by atoms with E-state index in [0.29, 0.717) is 5.17 Å². The zero-order chi connectivity index (χ0) is 21.3. The van der Waals surface area contributed by atoms with Crippen LogP contribution in [0.4, 0.5) is 5.69 Å². The summed E-state index contributed by atoms with van der Waals surface area (Å²) in [5, 5.41) is 0.713. The third-order valence-corrected chi connectivity index (χ3v) is 7.52. The Hall–Kier alpha value is -2.15. The highest BCUT2D eigenvalue weighted by molar-refractivity contribution is 8.14. The molecule has 3 fully saturated rings. The normalized spacial score (nSPS) is 27.8. The van der Waals surface area contributed by atoms with Gasteiger partial charge in [-0.25, -0.2) is 4.99 Å². The van der Waals surface area contributed by atoms with Crippen LogP contribution < -0.4 is 0 Å². The van der Waals surface area contributed by atoms with Gasteiger partial charge in [0.1, 0.15) is 0 Å². The second-order valence-corrected chi connectivity index (χ2v) is 9.43. The Labute approximate surface area is 182 Å². The average molecular weight is 428 g/mol. The van der Waals surface area contributed by atoms with Gasteiger partial charge >= 0.3 is 0 Å². The zero-order valence-electron chi connectivity index (χ0n) is 17.7. The van der Waals surface area contributed by atoms with Crippen molar-refractivity contribution in [2.45, 2.75) is 58.4 Å². The van der Waals surface area contributed by atoms with Crippen molar-refractivity contribution in [1.29, 1.82) is 0 Å². The molecular formula is C23H29N3O3S. The maximum Gasteiger partial charge on any atom is 0.233 e. The maximum absolute atomic E-state index is 13.1. The van der Waals surface area contributed by atoms with Gasteiger partial charge in [0, 0.05) is 24.8 Å². The molecule has 7 heteroatoms. The molecule has 2 heterocycles. The Morgan fingerprint density at radius 2 is 1.87 bits per heavy atom. The number of amides is 3. The van der Waals surface area contributed by atoms with Crippen LogP contribution in [0.25, 0.3) is 0 Å². The molecule has 2 aliphatic heterocycles. The highest BCUT2D eigenvalue weighted by atomic mass is 32.2. The van der Waals surface area contributed by atoms with Crippen molar-refractivity contribution >= 4 is 40.3 Å². The standard InChI is InChI=1S/C23H29N3O3S/c1-3-17-14-30-23(24-16-8-6-7-15(2)13-16)26(17)20(27)11-12-25-21(28)18-9-4-5-10-19(18)22(25)29/h6-8,13,17-19H,3-5,9-12,14H2,1-2H3/t17-,18-,19+/m1/s1. The van der Waals surface area contributed by atoms with Gasteiger partial charge in [-0.15, -0.1) is 0 Å². The van der Waals surface area contributed by atoms with Gasteiger partial charge in [-0.05, 0) is 43.9 Å². The van der Waals surface area contributed by atoms with E-state index in [1.807, 2.05) is 31.2 Å². The molecule has 1 aromatic rings. The van der Waals surface area contributed by atoms with E-state index in [2.05, 4.69) is 6.92 Å². The predicted octanol–water partition coefficient (Wildman–Crippen LogP) is 3.90. The molecule has 0 unspecified atom stereocenters. The van der Waals surface area contributed by atoms with E-state index in [4.69, 9.17) is 4.99 Å². The summed E-state index contributed by atoms with van der Waals surface area (Å²) in [7, 11) is 0. The van der Waals surface area contributed by atoms with E-state index >= 15 is 0 Å². The Balaban J connectivity index is 1.46. The molecule has 0 radical (unpaired) electrons. The van der Waals surface area contributed by atoms with E-state index < -0.39 is 0 Å². The van der Waals surface area contributed by atoms with E-state index in [0.717, 1.165) is 49.1 Å². The van der Waals surface area contributed by atoms with Gasteiger partial charge in [0.2, 0.25) is 17.7 Å². The number of amidine groups is 1. The third kappa shape index (κ3) is 4.04. The number of benzene rings is 1. The lowest BCUT2D eigenvalue weighted by atomic mass is 9.81. The number of thioether (sulfide) groups is 1. The fourth-order valence-corrected chi connectivity index (χ4v) is 6.04. The minimum absolute atomic E-state index is 0.0614. The summed E-state index contributed by atoms with van der Waals surface area (Å²) in [6, 6.07) is 8.01. The highest BCUT2D eigenvalue weighted by Gasteiger charge is 2.48. The quantitative estimate of drug-likeness (QED) is 0.668. The molecule has 4 rings (SSSR count).